The predicted octanol–water partition coefficient (Wildman–Crippen LogP) is 5.41. The molecule has 4 aliphatic rings. The highest BCUT2D eigenvalue weighted by molar-refractivity contribution is 5.61. The second-order valence-electron chi connectivity index (χ2n) is 7.89. The molecule has 24 heavy (non-hydrogen) atoms. The quantitative estimate of drug-likeness (QED) is 0.610. The molecule has 2 aromatic carbocycles. The van der Waals surface area contributed by atoms with Crippen molar-refractivity contribution in [2.75, 3.05) is 0 Å². The highest BCUT2D eigenvalue weighted by atomic mass is 14.2. The topological polar surface area (TPSA) is 0 Å². The van der Waals surface area contributed by atoms with E-state index < -0.39 is 0 Å². The predicted molar refractivity (Wildman–Crippen MR) is 102 cm³/mol. The first-order chi connectivity index (χ1) is 11.9. The van der Waals surface area contributed by atoms with Crippen LogP contribution >= 0.6 is 0 Å². The molecule has 0 amide bonds. The second kappa shape index (κ2) is 5.92. The van der Waals surface area contributed by atoms with Gasteiger partial charge in [-0.1, -0.05) is 36.4 Å². The van der Waals surface area contributed by atoms with Crippen LogP contribution in [0.1, 0.15) is 63.8 Å². The van der Waals surface area contributed by atoms with Gasteiger partial charge in [0.25, 0.3) is 0 Å². The van der Waals surface area contributed by atoms with Crippen LogP contribution in [0.2, 0.25) is 0 Å². The molecule has 8 bridgehead atoms. The maximum absolute atomic E-state index is 2.54. The number of allylic oxidation sites excluding steroid dienone is 1. The summed E-state index contributed by atoms with van der Waals surface area (Å²) in [4.78, 5) is 0. The van der Waals surface area contributed by atoms with E-state index in [1.807, 2.05) is 0 Å². The van der Waals surface area contributed by atoms with E-state index in [4.69, 9.17) is 0 Å². The van der Waals surface area contributed by atoms with Gasteiger partial charge in [0.05, 0.1) is 0 Å². The van der Waals surface area contributed by atoms with Gasteiger partial charge in [0.2, 0.25) is 0 Å². The van der Waals surface area contributed by atoms with Crippen LogP contribution < -0.4 is 0 Å². The summed E-state index contributed by atoms with van der Waals surface area (Å²) in [6, 6.07) is 10.1. The van der Waals surface area contributed by atoms with E-state index in [9.17, 15) is 0 Å². The molecule has 0 radical (unpaired) electrons. The molecule has 0 saturated heterocycles. The Labute approximate surface area is 145 Å². The van der Waals surface area contributed by atoms with Gasteiger partial charge in [0.1, 0.15) is 0 Å². The molecule has 0 heteroatoms. The third-order valence-corrected chi connectivity index (χ3v) is 6.23. The minimum absolute atomic E-state index is 1.12. The van der Waals surface area contributed by atoms with Crippen molar-refractivity contribution in [3.63, 3.8) is 0 Å². The van der Waals surface area contributed by atoms with Gasteiger partial charge in [-0.2, -0.15) is 0 Å². The lowest BCUT2D eigenvalue weighted by atomic mass is 9.82. The molecule has 0 aliphatic heterocycles. The van der Waals surface area contributed by atoms with Crippen LogP contribution in [0.25, 0.3) is 6.08 Å². The van der Waals surface area contributed by atoms with E-state index in [2.05, 4.69) is 36.4 Å². The monoisotopic (exact) mass is 314 g/mol. The van der Waals surface area contributed by atoms with Crippen molar-refractivity contribution in [3.05, 3.63) is 74.8 Å². The van der Waals surface area contributed by atoms with Crippen molar-refractivity contribution < 1.29 is 0 Å². The van der Waals surface area contributed by atoms with Crippen molar-refractivity contribution in [2.45, 2.75) is 64.2 Å². The van der Waals surface area contributed by atoms with Gasteiger partial charge in [-0.3, -0.25) is 0 Å². The number of hydrogen-bond acceptors (Lipinski definition) is 0. The van der Waals surface area contributed by atoms with Gasteiger partial charge in [0.15, 0.2) is 0 Å². The van der Waals surface area contributed by atoms with Crippen LogP contribution in [0, 0.1) is 0 Å². The fourth-order valence-electron chi connectivity index (χ4n) is 5.08. The lowest BCUT2D eigenvalue weighted by Crippen LogP contribution is -2.10. The van der Waals surface area contributed by atoms with Crippen molar-refractivity contribution in [2.24, 2.45) is 0 Å². The highest BCUT2D eigenvalue weighted by Gasteiger charge is 2.17. The largest absolute Gasteiger partial charge is 0.0795 e. The molecule has 4 aliphatic carbocycles. The molecule has 2 aromatic rings. The normalized spacial score (nSPS) is 20.0. The number of rotatable bonds is 0. The van der Waals surface area contributed by atoms with Gasteiger partial charge >= 0.3 is 0 Å². The Morgan fingerprint density at radius 3 is 1.67 bits per heavy atom. The minimum atomic E-state index is 1.12. The second-order valence-corrected chi connectivity index (χ2v) is 7.89. The Kier molecular flexibility index (Phi) is 3.58. The van der Waals surface area contributed by atoms with Gasteiger partial charge < -0.3 is 0 Å². The molecule has 0 nitrogen and oxygen atoms in total. The van der Waals surface area contributed by atoms with E-state index in [1.54, 1.807) is 44.5 Å². The van der Waals surface area contributed by atoms with Gasteiger partial charge in [0, 0.05) is 0 Å². The molecule has 6 rings (SSSR count). The van der Waals surface area contributed by atoms with Gasteiger partial charge in [-0.05, 0) is 109 Å². The SMILES string of the molecule is C1=C\c2c3cc4cc2CCCc2cc(cc(c2C/1)CCC3)CCC4. The molecule has 0 saturated carbocycles. The minimum Gasteiger partial charge on any atom is -0.0795 e. The average molecular weight is 314 g/mol. The molecule has 122 valence electrons. The Bertz CT molecular complexity index is 770. The zero-order valence-corrected chi connectivity index (χ0v) is 14.5. The van der Waals surface area contributed by atoms with Crippen LogP contribution in [0.4, 0.5) is 0 Å². The fourth-order valence-corrected chi connectivity index (χ4v) is 5.08. The van der Waals surface area contributed by atoms with E-state index >= 15 is 0 Å². The first-order valence-electron chi connectivity index (χ1n) is 9.81. The van der Waals surface area contributed by atoms with Crippen LogP contribution in [0.15, 0.2) is 30.3 Å². The van der Waals surface area contributed by atoms with Crippen LogP contribution in [0.5, 0.6) is 0 Å². The first-order valence-corrected chi connectivity index (χ1v) is 9.81. The van der Waals surface area contributed by atoms with Crippen LogP contribution in [-0.4, -0.2) is 0 Å². The summed E-state index contributed by atoms with van der Waals surface area (Å²) in [5.41, 5.74) is 12.9. The van der Waals surface area contributed by atoms with Crippen LogP contribution in [-0.2, 0) is 44.9 Å². The number of fused-ring (bicyclic) bond motifs is 7. The third-order valence-electron chi connectivity index (χ3n) is 6.23. The number of benzene rings is 2. The Balaban J connectivity index is 1.81. The molecule has 0 unspecified atom stereocenters. The van der Waals surface area contributed by atoms with E-state index in [1.165, 1.54) is 57.8 Å². The number of hydrogen-bond donors (Lipinski definition) is 0. The highest BCUT2D eigenvalue weighted by Crippen LogP contribution is 2.31. The first kappa shape index (κ1) is 14.5. The van der Waals surface area contributed by atoms with E-state index in [0.717, 1.165) is 6.42 Å². The molecule has 0 fully saturated rings. The van der Waals surface area contributed by atoms with Crippen molar-refractivity contribution in [3.8, 4) is 0 Å². The summed E-state index contributed by atoms with van der Waals surface area (Å²) < 4.78 is 0. The van der Waals surface area contributed by atoms with Gasteiger partial charge in [-0.25, -0.2) is 0 Å². The van der Waals surface area contributed by atoms with Crippen molar-refractivity contribution in [1.82, 2.24) is 0 Å². The van der Waals surface area contributed by atoms with E-state index in [0.29, 0.717) is 0 Å². The summed E-state index contributed by atoms with van der Waals surface area (Å²) in [5, 5.41) is 0. The summed E-state index contributed by atoms with van der Waals surface area (Å²) >= 11 is 0. The van der Waals surface area contributed by atoms with Crippen molar-refractivity contribution >= 4 is 6.08 Å². The Hall–Kier alpha value is -1.82. The zero-order valence-electron chi connectivity index (χ0n) is 14.5. The molecular formula is C24H26. The summed E-state index contributed by atoms with van der Waals surface area (Å²) in [6.45, 7) is 0. The number of aryl methyl sites for hydroxylation is 6. The average Bonchev–Trinajstić information content (AvgIpc) is 2.58. The molecule has 0 spiro atoms. The lowest BCUT2D eigenvalue weighted by molar-refractivity contribution is 0.749. The molecule has 0 N–H and O–H groups in total. The lowest BCUT2D eigenvalue weighted by Gasteiger charge is -2.23. The maximum atomic E-state index is 2.54. The zero-order chi connectivity index (χ0) is 15.9. The Morgan fingerprint density at radius 1 is 0.542 bits per heavy atom. The molecule has 0 atom stereocenters. The standard InChI is InChI=1S/C24H26/c1-5-17-13-19-7-2-8-20-14-18(6-1)16-22-10-3-9-21(15-17)23(19)11-4-12-24(20)22/h4,11,13-16H,1-3,5-10,12H2/b11-4-. The molecule has 0 aromatic heterocycles. The fraction of sp³-hybridized carbons (Fsp3) is 0.417. The molecule has 0 heterocycles. The van der Waals surface area contributed by atoms with Gasteiger partial charge in [-0.15, -0.1) is 0 Å². The summed E-state index contributed by atoms with van der Waals surface area (Å²) in [5.74, 6) is 0. The summed E-state index contributed by atoms with van der Waals surface area (Å²) in [7, 11) is 0. The maximum Gasteiger partial charge on any atom is -0.00886 e. The smallest absolute Gasteiger partial charge is 0.00886 e. The summed E-state index contributed by atoms with van der Waals surface area (Å²) in [6.07, 6.45) is 17.3. The molecular weight excluding hydrogens is 288 g/mol. The van der Waals surface area contributed by atoms with E-state index in [-0.39, 0.29) is 0 Å². The Morgan fingerprint density at radius 2 is 1.04 bits per heavy atom. The van der Waals surface area contributed by atoms with Crippen molar-refractivity contribution in [1.29, 1.82) is 0 Å². The third kappa shape index (κ3) is 2.53. The van der Waals surface area contributed by atoms with Crippen LogP contribution in [0.3, 0.4) is 0 Å².